The number of likely N-dealkylation sites (N-methyl/N-ethyl adjacent to an activating group) is 1. The molecule has 3 nitrogen and oxygen atoms in total. The summed E-state index contributed by atoms with van der Waals surface area (Å²) < 4.78 is 0. The average molecular weight is 247 g/mol. The van der Waals surface area contributed by atoms with Gasteiger partial charge in [0, 0.05) is 18.5 Å². The van der Waals surface area contributed by atoms with E-state index in [1.807, 2.05) is 13.8 Å². The Balaban J connectivity index is 2.37. The Labute approximate surface area is 104 Å². The number of nitrogens with zero attached hydrogens (tertiary/aromatic N) is 1. The largest absolute Gasteiger partial charge is 0.354 e. The predicted molar refractivity (Wildman–Crippen MR) is 67.8 cm³/mol. The quantitative estimate of drug-likeness (QED) is 0.751. The zero-order valence-electron chi connectivity index (χ0n) is 10.6. The second kappa shape index (κ2) is 5.87. The number of likely N-dealkylation sites (tertiary alicyclic amines) is 1. The van der Waals surface area contributed by atoms with Gasteiger partial charge in [0.1, 0.15) is 0 Å². The van der Waals surface area contributed by atoms with E-state index in [1.54, 1.807) is 0 Å². The fourth-order valence-electron chi connectivity index (χ4n) is 2.05. The Morgan fingerprint density at radius 1 is 1.56 bits per heavy atom. The van der Waals surface area contributed by atoms with Crippen LogP contribution in [0.3, 0.4) is 0 Å². The van der Waals surface area contributed by atoms with Crippen molar-refractivity contribution in [3.05, 3.63) is 0 Å². The van der Waals surface area contributed by atoms with Crippen LogP contribution in [-0.2, 0) is 4.79 Å². The standard InChI is InChI=1S/C12H23ClN2O/c1-4-15-7-5-6-10(15)8-14-11(16)12(2,3)9-13/h10H,4-9H2,1-3H3,(H,14,16)/t10-/m0/s1. The fourth-order valence-corrected chi connectivity index (χ4v) is 2.17. The summed E-state index contributed by atoms with van der Waals surface area (Å²) in [5.41, 5.74) is -0.461. The van der Waals surface area contributed by atoms with E-state index in [1.165, 1.54) is 12.8 Å². The van der Waals surface area contributed by atoms with Crippen LogP contribution in [-0.4, -0.2) is 42.4 Å². The molecule has 0 unspecified atom stereocenters. The molecule has 0 bridgehead atoms. The molecule has 0 radical (unpaired) electrons. The normalized spacial score (nSPS) is 22.4. The minimum Gasteiger partial charge on any atom is -0.354 e. The van der Waals surface area contributed by atoms with Crippen molar-refractivity contribution in [1.29, 1.82) is 0 Å². The van der Waals surface area contributed by atoms with E-state index in [0.29, 0.717) is 11.9 Å². The zero-order chi connectivity index (χ0) is 12.2. The van der Waals surface area contributed by atoms with Crippen molar-refractivity contribution >= 4 is 17.5 Å². The Hall–Kier alpha value is -0.280. The van der Waals surface area contributed by atoms with Crippen LogP contribution in [0.2, 0.25) is 0 Å². The first-order valence-electron chi connectivity index (χ1n) is 6.09. The molecule has 0 aromatic heterocycles. The van der Waals surface area contributed by atoms with Gasteiger partial charge >= 0.3 is 0 Å². The van der Waals surface area contributed by atoms with Crippen LogP contribution in [0.15, 0.2) is 0 Å². The summed E-state index contributed by atoms with van der Waals surface area (Å²) in [7, 11) is 0. The minimum atomic E-state index is -0.461. The second-order valence-corrected chi connectivity index (χ2v) is 5.42. The molecule has 1 saturated heterocycles. The number of hydrogen-bond donors (Lipinski definition) is 1. The molecule has 1 rings (SSSR count). The maximum Gasteiger partial charge on any atom is 0.226 e. The van der Waals surface area contributed by atoms with Crippen LogP contribution in [0.1, 0.15) is 33.6 Å². The molecule has 16 heavy (non-hydrogen) atoms. The van der Waals surface area contributed by atoms with Crippen LogP contribution in [0.4, 0.5) is 0 Å². The fraction of sp³-hybridized carbons (Fsp3) is 0.917. The number of rotatable bonds is 5. The Bertz CT molecular complexity index is 243. The number of nitrogens with one attached hydrogen (secondary N) is 1. The molecule has 1 amide bonds. The summed E-state index contributed by atoms with van der Waals surface area (Å²) in [5, 5.41) is 3.02. The van der Waals surface area contributed by atoms with Crippen molar-refractivity contribution in [3.8, 4) is 0 Å². The molecule has 1 atom stereocenters. The highest BCUT2D eigenvalue weighted by Gasteiger charge is 2.28. The van der Waals surface area contributed by atoms with Gasteiger partial charge < -0.3 is 5.32 Å². The van der Waals surface area contributed by atoms with Gasteiger partial charge in [0.25, 0.3) is 0 Å². The van der Waals surface area contributed by atoms with Crippen LogP contribution < -0.4 is 5.32 Å². The Morgan fingerprint density at radius 2 is 2.25 bits per heavy atom. The number of amides is 1. The maximum atomic E-state index is 11.8. The molecule has 0 aliphatic carbocycles. The van der Waals surface area contributed by atoms with Gasteiger partial charge in [-0.05, 0) is 39.8 Å². The van der Waals surface area contributed by atoms with Crippen molar-refractivity contribution in [2.75, 3.05) is 25.5 Å². The minimum absolute atomic E-state index is 0.0606. The first kappa shape index (κ1) is 13.8. The summed E-state index contributed by atoms with van der Waals surface area (Å²) in [5.74, 6) is 0.423. The van der Waals surface area contributed by atoms with E-state index in [-0.39, 0.29) is 5.91 Å². The van der Waals surface area contributed by atoms with Crippen molar-refractivity contribution in [1.82, 2.24) is 10.2 Å². The predicted octanol–water partition coefficient (Wildman–Crippen LogP) is 1.85. The van der Waals surface area contributed by atoms with Gasteiger partial charge in [0.05, 0.1) is 5.41 Å². The highest BCUT2D eigenvalue weighted by Crippen LogP contribution is 2.19. The first-order valence-corrected chi connectivity index (χ1v) is 6.63. The van der Waals surface area contributed by atoms with Gasteiger partial charge in [0.15, 0.2) is 0 Å². The summed E-state index contributed by atoms with van der Waals surface area (Å²) in [6, 6.07) is 0.514. The summed E-state index contributed by atoms with van der Waals surface area (Å²) >= 11 is 5.77. The molecule has 0 aromatic carbocycles. The lowest BCUT2D eigenvalue weighted by atomic mass is 9.95. The molecule has 1 aliphatic rings. The molecular formula is C12H23ClN2O. The number of alkyl halides is 1. The molecule has 0 saturated carbocycles. The van der Waals surface area contributed by atoms with Crippen LogP contribution in [0.25, 0.3) is 0 Å². The monoisotopic (exact) mass is 246 g/mol. The molecular weight excluding hydrogens is 224 g/mol. The highest BCUT2D eigenvalue weighted by molar-refractivity contribution is 6.19. The lowest BCUT2D eigenvalue weighted by Gasteiger charge is -2.26. The molecule has 1 aliphatic heterocycles. The topological polar surface area (TPSA) is 32.3 Å². The van der Waals surface area contributed by atoms with E-state index < -0.39 is 5.41 Å². The Morgan fingerprint density at radius 3 is 2.81 bits per heavy atom. The van der Waals surface area contributed by atoms with E-state index in [0.717, 1.165) is 19.6 Å². The lowest BCUT2D eigenvalue weighted by Crippen LogP contribution is -2.45. The number of carbonyl (C=O) groups excluding carboxylic acids is 1. The average Bonchev–Trinajstić information content (AvgIpc) is 2.72. The molecule has 4 heteroatoms. The SMILES string of the molecule is CCN1CCC[C@H]1CNC(=O)C(C)(C)CCl. The van der Waals surface area contributed by atoms with Crippen LogP contribution in [0, 0.1) is 5.41 Å². The molecule has 0 spiro atoms. The van der Waals surface area contributed by atoms with Crippen LogP contribution >= 0.6 is 11.6 Å². The summed E-state index contributed by atoms with van der Waals surface area (Å²) in [6.45, 7) is 8.91. The number of carbonyl (C=O) groups is 1. The Kier molecular flexibility index (Phi) is 5.06. The number of hydrogen-bond acceptors (Lipinski definition) is 2. The van der Waals surface area contributed by atoms with E-state index >= 15 is 0 Å². The summed E-state index contributed by atoms with van der Waals surface area (Å²) in [6.07, 6.45) is 2.43. The van der Waals surface area contributed by atoms with Gasteiger partial charge in [-0.3, -0.25) is 9.69 Å². The van der Waals surface area contributed by atoms with Crippen molar-refractivity contribution in [3.63, 3.8) is 0 Å². The molecule has 1 N–H and O–H groups in total. The van der Waals surface area contributed by atoms with Gasteiger partial charge in [0.2, 0.25) is 5.91 Å². The zero-order valence-corrected chi connectivity index (χ0v) is 11.3. The summed E-state index contributed by atoms with van der Waals surface area (Å²) in [4.78, 5) is 14.3. The van der Waals surface area contributed by atoms with E-state index in [4.69, 9.17) is 11.6 Å². The van der Waals surface area contributed by atoms with Gasteiger partial charge in [-0.2, -0.15) is 0 Å². The van der Waals surface area contributed by atoms with Gasteiger partial charge in [-0.25, -0.2) is 0 Å². The first-order chi connectivity index (χ1) is 7.51. The van der Waals surface area contributed by atoms with Crippen molar-refractivity contribution in [2.45, 2.75) is 39.7 Å². The number of halogens is 1. The highest BCUT2D eigenvalue weighted by atomic mass is 35.5. The van der Waals surface area contributed by atoms with E-state index in [9.17, 15) is 4.79 Å². The van der Waals surface area contributed by atoms with E-state index in [2.05, 4.69) is 17.1 Å². The van der Waals surface area contributed by atoms with Crippen molar-refractivity contribution in [2.24, 2.45) is 5.41 Å². The maximum absolute atomic E-state index is 11.8. The second-order valence-electron chi connectivity index (χ2n) is 5.15. The lowest BCUT2D eigenvalue weighted by molar-refractivity contribution is -0.128. The third kappa shape index (κ3) is 3.36. The molecule has 1 fully saturated rings. The third-order valence-corrected chi connectivity index (χ3v) is 4.02. The van der Waals surface area contributed by atoms with Crippen LogP contribution in [0.5, 0.6) is 0 Å². The molecule has 1 heterocycles. The third-order valence-electron chi connectivity index (χ3n) is 3.35. The van der Waals surface area contributed by atoms with Crippen molar-refractivity contribution < 1.29 is 4.79 Å². The van der Waals surface area contributed by atoms with Gasteiger partial charge in [-0.1, -0.05) is 6.92 Å². The van der Waals surface area contributed by atoms with Gasteiger partial charge in [-0.15, -0.1) is 11.6 Å². The smallest absolute Gasteiger partial charge is 0.226 e. The molecule has 0 aromatic rings. The molecule has 94 valence electrons.